The number of aliphatic hydroxyl groups is 1. The van der Waals surface area contributed by atoms with Crippen molar-refractivity contribution in [2.45, 2.75) is 65.3 Å². The van der Waals surface area contributed by atoms with E-state index in [9.17, 15) is 19.3 Å². The molecule has 0 heterocycles. The van der Waals surface area contributed by atoms with Gasteiger partial charge in [0.2, 0.25) is 6.79 Å². The van der Waals surface area contributed by atoms with E-state index >= 15 is 0 Å². The fraction of sp³-hybridized carbons (Fsp3) is 0.857. The minimum atomic E-state index is -4.01. The molecule has 0 aromatic rings. The third kappa shape index (κ3) is 13.7. The van der Waals surface area contributed by atoms with Crippen LogP contribution in [0.4, 0.5) is 4.79 Å². The number of phosphoric acid groups is 1. The van der Waals surface area contributed by atoms with Crippen molar-refractivity contribution < 1.29 is 42.7 Å². The van der Waals surface area contributed by atoms with Gasteiger partial charge in [-0.2, -0.15) is 0 Å². The van der Waals surface area contributed by atoms with E-state index in [0.717, 1.165) is 0 Å². The average Bonchev–Trinajstić information content (AvgIpc) is 2.30. The molecule has 0 fully saturated rings. The van der Waals surface area contributed by atoms with E-state index in [1.54, 1.807) is 41.5 Å². The summed E-state index contributed by atoms with van der Waals surface area (Å²) in [7, 11) is -4.01. The zero-order valence-corrected chi connectivity index (χ0v) is 16.3. The smallest absolute Gasteiger partial charge is 0.478 e. The lowest BCUT2D eigenvalue weighted by Gasteiger charge is -2.30. The van der Waals surface area contributed by atoms with Gasteiger partial charge in [0.05, 0.1) is 23.7 Å². The largest absolute Gasteiger partial charge is 0.481 e. The molecule has 3 N–H and O–H groups in total. The predicted molar refractivity (Wildman–Crippen MR) is 88.0 cm³/mol. The van der Waals surface area contributed by atoms with Gasteiger partial charge in [-0.3, -0.25) is 13.8 Å². The van der Waals surface area contributed by atoms with E-state index in [4.69, 9.17) is 18.7 Å². The summed E-state index contributed by atoms with van der Waals surface area (Å²) >= 11 is 0. The van der Waals surface area contributed by atoms with Gasteiger partial charge in [-0.05, 0) is 41.5 Å². The number of ether oxygens (including phenoxy) is 1. The first-order valence-corrected chi connectivity index (χ1v) is 9.04. The maximum atomic E-state index is 12.6. The van der Waals surface area contributed by atoms with Gasteiger partial charge in [0.15, 0.2) is 0 Å². The van der Waals surface area contributed by atoms with Crippen molar-refractivity contribution in [3.8, 4) is 0 Å². The van der Waals surface area contributed by atoms with E-state index in [1.165, 1.54) is 0 Å². The van der Waals surface area contributed by atoms with Crippen molar-refractivity contribution in [3.63, 3.8) is 0 Å². The van der Waals surface area contributed by atoms with Crippen molar-refractivity contribution >= 4 is 19.9 Å². The van der Waals surface area contributed by atoms with Gasteiger partial charge in [0.25, 0.3) is 0 Å². The molecule has 1 atom stereocenters. The minimum absolute atomic E-state index is 0.320. The summed E-state index contributed by atoms with van der Waals surface area (Å²) in [6.45, 7) is 8.92. The van der Waals surface area contributed by atoms with E-state index in [0.29, 0.717) is 0 Å². The maximum Gasteiger partial charge on any atom is 0.478 e. The van der Waals surface area contributed by atoms with Crippen LogP contribution in [0.25, 0.3) is 0 Å². The molecule has 0 aliphatic carbocycles. The fourth-order valence-corrected chi connectivity index (χ4v) is 3.08. The number of rotatable bonds is 9. The number of hydrogen-bond donors (Lipinski definition) is 3. The number of nitrogens with one attached hydrogen (secondary N) is 1. The predicted octanol–water partition coefficient (Wildman–Crippen LogP) is 2.26. The topological polar surface area (TPSA) is 141 Å². The number of carboxylic acid groups (broad SMARTS) is 1. The lowest BCUT2D eigenvalue weighted by molar-refractivity contribution is -0.139. The van der Waals surface area contributed by atoms with E-state index in [-0.39, 0.29) is 6.54 Å². The van der Waals surface area contributed by atoms with Crippen LogP contribution >= 0.6 is 7.82 Å². The first-order chi connectivity index (χ1) is 11.1. The number of amides is 1. The molecule has 0 radical (unpaired) electrons. The highest BCUT2D eigenvalue weighted by Crippen LogP contribution is 2.55. The van der Waals surface area contributed by atoms with Crippen LogP contribution in [0.15, 0.2) is 0 Å². The van der Waals surface area contributed by atoms with Crippen LogP contribution in [0.5, 0.6) is 0 Å². The standard InChI is InChI=1S/C14H28NO9P/c1-13(2,3)23-25(20,24-14(4,5)6)22-9-21-12(19)15-8-10(16)7-11(17)18/h10,16H,7-9H2,1-6H3,(H,15,19)(H,17,18)/t10-/m0/s1. The normalized spacial score (nSPS) is 14.0. The van der Waals surface area contributed by atoms with Crippen LogP contribution in [0.2, 0.25) is 0 Å². The summed E-state index contributed by atoms with van der Waals surface area (Å²) in [6, 6.07) is 0. The Hall–Kier alpha value is -1.19. The summed E-state index contributed by atoms with van der Waals surface area (Å²) in [5.74, 6) is -1.20. The van der Waals surface area contributed by atoms with Crippen molar-refractivity contribution in [2.75, 3.05) is 13.3 Å². The number of carboxylic acids is 1. The second kappa shape index (κ2) is 9.49. The molecule has 0 saturated carbocycles. The molecule has 0 spiro atoms. The summed E-state index contributed by atoms with van der Waals surface area (Å²) in [6.07, 6.45) is -2.77. The van der Waals surface area contributed by atoms with Crippen LogP contribution in [-0.4, -0.2) is 52.9 Å². The molecule has 148 valence electrons. The first kappa shape index (κ1) is 23.8. The minimum Gasteiger partial charge on any atom is -0.481 e. The molecule has 10 nitrogen and oxygen atoms in total. The molecule has 0 rings (SSSR count). The Morgan fingerprint density at radius 3 is 1.96 bits per heavy atom. The molecule has 0 saturated heterocycles. The van der Waals surface area contributed by atoms with Gasteiger partial charge >= 0.3 is 19.9 Å². The molecule has 25 heavy (non-hydrogen) atoms. The number of hydrogen-bond acceptors (Lipinski definition) is 8. The van der Waals surface area contributed by atoms with Gasteiger partial charge in [-0.15, -0.1) is 0 Å². The maximum absolute atomic E-state index is 12.6. The molecule has 0 aliphatic rings. The highest BCUT2D eigenvalue weighted by Gasteiger charge is 2.37. The van der Waals surface area contributed by atoms with Crippen molar-refractivity contribution in [1.82, 2.24) is 5.32 Å². The molecule has 0 aliphatic heterocycles. The van der Waals surface area contributed by atoms with Crippen molar-refractivity contribution in [3.05, 3.63) is 0 Å². The Morgan fingerprint density at radius 2 is 1.56 bits per heavy atom. The summed E-state index contributed by atoms with van der Waals surface area (Å²) < 4.78 is 32.9. The molecule has 1 amide bonds. The molecule has 0 aromatic carbocycles. The molecule has 0 bridgehead atoms. The van der Waals surface area contributed by atoms with Crippen LogP contribution in [0, 0.1) is 0 Å². The van der Waals surface area contributed by atoms with Crippen molar-refractivity contribution in [1.29, 1.82) is 0 Å². The molecule has 0 unspecified atom stereocenters. The Labute approximate surface area is 147 Å². The summed E-state index contributed by atoms with van der Waals surface area (Å²) in [4.78, 5) is 21.8. The van der Waals surface area contributed by atoms with E-state index in [2.05, 4.69) is 10.1 Å². The zero-order chi connectivity index (χ0) is 19.9. The Balaban J connectivity index is 4.48. The summed E-state index contributed by atoms with van der Waals surface area (Å²) in [5, 5.41) is 19.9. The molecular formula is C14H28NO9P. The Morgan fingerprint density at radius 1 is 1.08 bits per heavy atom. The van der Waals surface area contributed by atoms with Gasteiger partial charge < -0.3 is 20.3 Å². The number of alkyl carbamates (subject to hydrolysis) is 1. The molecule has 0 aromatic heterocycles. The number of aliphatic carboxylic acids is 1. The SMILES string of the molecule is CC(C)(C)OP(=O)(OCOC(=O)NC[C@@H](O)CC(=O)O)OC(C)(C)C. The Bertz CT molecular complexity index is 476. The van der Waals surface area contributed by atoms with Crippen LogP contribution in [-0.2, 0) is 27.7 Å². The fourth-order valence-electron chi connectivity index (χ4n) is 1.41. The van der Waals surface area contributed by atoms with Gasteiger partial charge in [0.1, 0.15) is 0 Å². The quantitative estimate of drug-likeness (QED) is 0.402. The Kier molecular flexibility index (Phi) is 9.04. The van der Waals surface area contributed by atoms with Crippen LogP contribution < -0.4 is 5.32 Å². The second-order valence-electron chi connectivity index (χ2n) is 7.17. The highest BCUT2D eigenvalue weighted by atomic mass is 31.2. The van der Waals surface area contributed by atoms with Crippen LogP contribution in [0.3, 0.4) is 0 Å². The summed E-state index contributed by atoms with van der Waals surface area (Å²) in [5.41, 5.74) is -1.66. The van der Waals surface area contributed by atoms with Crippen molar-refractivity contribution in [2.24, 2.45) is 0 Å². The highest BCUT2D eigenvalue weighted by molar-refractivity contribution is 7.48. The lowest BCUT2D eigenvalue weighted by Crippen LogP contribution is -2.34. The third-order valence-corrected chi connectivity index (χ3v) is 4.03. The number of phosphoric ester groups is 1. The number of aliphatic hydroxyl groups excluding tert-OH is 1. The molecule has 11 heteroatoms. The lowest BCUT2D eigenvalue weighted by atomic mass is 10.2. The van der Waals surface area contributed by atoms with Gasteiger partial charge in [0, 0.05) is 6.54 Å². The second-order valence-corrected chi connectivity index (χ2v) is 8.68. The van der Waals surface area contributed by atoms with E-state index < -0.39 is 50.4 Å². The number of carbonyl (C=O) groups is 2. The van der Waals surface area contributed by atoms with Crippen LogP contribution in [0.1, 0.15) is 48.0 Å². The molecular weight excluding hydrogens is 357 g/mol. The number of carbonyl (C=O) groups excluding carboxylic acids is 1. The average molecular weight is 385 g/mol. The van der Waals surface area contributed by atoms with Gasteiger partial charge in [-0.25, -0.2) is 13.9 Å². The van der Waals surface area contributed by atoms with Gasteiger partial charge in [-0.1, -0.05) is 0 Å². The van der Waals surface area contributed by atoms with E-state index in [1.807, 2.05) is 0 Å². The monoisotopic (exact) mass is 385 g/mol. The third-order valence-electron chi connectivity index (χ3n) is 2.06. The first-order valence-electron chi connectivity index (χ1n) is 7.58. The zero-order valence-electron chi connectivity index (χ0n) is 15.4.